The Balaban J connectivity index is 1.69. The number of nitrogens with zero attached hydrogens (tertiary/aromatic N) is 4. The van der Waals surface area contributed by atoms with Gasteiger partial charge in [0.1, 0.15) is 18.4 Å². The van der Waals surface area contributed by atoms with Crippen LogP contribution in [0, 0.1) is 0 Å². The molecular formula is C16H17N5O. The molecule has 0 radical (unpaired) electrons. The molecule has 6 heteroatoms. The van der Waals surface area contributed by atoms with E-state index in [1.807, 2.05) is 24.3 Å². The molecule has 3 rings (SSSR count). The first-order chi connectivity index (χ1) is 10.6. The number of fused-ring (bicyclic) bond motifs is 1. The number of aromatic nitrogens is 4. The lowest BCUT2D eigenvalue weighted by Gasteiger charge is -2.09. The second-order valence-electron chi connectivity index (χ2n) is 5.43. The SMILES string of the molecule is CC(C)c1ccc(NC(=O)Cn2cnc3ncncc32)cc1. The van der Waals surface area contributed by atoms with Gasteiger partial charge in [-0.15, -0.1) is 0 Å². The van der Waals surface area contributed by atoms with Crippen LogP contribution >= 0.6 is 0 Å². The minimum absolute atomic E-state index is 0.111. The number of hydrogen-bond acceptors (Lipinski definition) is 4. The highest BCUT2D eigenvalue weighted by Crippen LogP contribution is 2.17. The average Bonchev–Trinajstić information content (AvgIpc) is 2.91. The van der Waals surface area contributed by atoms with Crippen LogP contribution in [0.1, 0.15) is 25.3 Å². The highest BCUT2D eigenvalue weighted by atomic mass is 16.1. The van der Waals surface area contributed by atoms with Crippen LogP contribution in [0.5, 0.6) is 0 Å². The molecule has 0 bridgehead atoms. The van der Waals surface area contributed by atoms with Gasteiger partial charge in [-0.05, 0) is 23.6 Å². The van der Waals surface area contributed by atoms with Gasteiger partial charge in [0.25, 0.3) is 0 Å². The highest BCUT2D eigenvalue weighted by Gasteiger charge is 2.08. The third kappa shape index (κ3) is 2.95. The van der Waals surface area contributed by atoms with Gasteiger partial charge in [-0.1, -0.05) is 26.0 Å². The van der Waals surface area contributed by atoms with Gasteiger partial charge < -0.3 is 9.88 Å². The molecule has 22 heavy (non-hydrogen) atoms. The largest absolute Gasteiger partial charge is 0.325 e. The summed E-state index contributed by atoms with van der Waals surface area (Å²) in [4.78, 5) is 24.3. The van der Waals surface area contributed by atoms with E-state index in [9.17, 15) is 4.79 Å². The van der Waals surface area contributed by atoms with Crippen LogP contribution in [-0.4, -0.2) is 25.4 Å². The van der Waals surface area contributed by atoms with E-state index in [0.717, 1.165) is 11.2 Å². The van der Waals surface area contributed by atoms with Crippen molar-refractivity contribution in [3.05, 3.63) is 48.7 Å². The van der Waals surface area contributed by atoms with Gasteiger partial charge >= 0.3 is 0 Å². The summed E-state index contributed by atoms with van der Waals surface area (Å²) in [6.45, 7) is 4.45. The van der Waals surface area contributed by atoms with Gasteiger partial charge in [0.15, 0.2) is 5.65 Å². The fourth-order valence-electron chi connectivity index (χ4n) is 2.24. The first-order valence-corrected chi connectivity index (χ1v) is 7.14. The van der Waals surface area contributed by atoms with E-state index < -0.39 is 0 Å². The van der Waals surface area contributed by atoms with Crippen LogP contribution in [-0.2, 0) is 11.3 Å². The van der Waals surface area contributed by atoms with Crippen molar-refractivity contribution in [3.8, 4) is 0 Å². The number of nitrogens with one attached hydrogen (secondary N) is 1. The Morgan fingerprint density at radius 2 is 2.00 bits per heavy atom. The monoisotopic (exact) mass is 295 g/mol. The number of benzene rings is 1. The zero-order valence-electron chi connectivity index (χ0n) is 12.5. The fourth-order valence-corrected chi connectivity index (χ4v) is 2.24. The summed E-state index contributed by atoms with van der Waals surface area (Å²) in [5.74, 6) is 0.363. The van der Waals surface area contributed by atoms with Crippen molar-refractivity contribution in [1.82, 2.24) is 19.5 Å². The lowest BCUT2D eigenvalue weighted by Crippen LogP contribution is -2.18. The minimum atomic E-state index is -0.111. The molecule has 112 valence electrons. The van der Waals surface area contributed by atoms with Crippen molar-refractivity contribution in [1.29, 1.82) is 0 Å². The van der Waals surface area contributed by atoms with Crippen molar-refractivity contribution in [2.24, 2.45) is 0 Å². The van der Waals surface area contributed by atoms with E-state index in [-0.39, 0.29) is 12.5 Å². The number of rotatable bonds is 4. The summed E-state index contributed by atoms with van der Waals surface area (Å²) < 4.78 is 1.73. The topological polar surface area (TPSA) is 72.7 Å². The smallest absolute Gasteiger partial charge is 0.244 e. The van der Waals surface area contributed by atoms with E-state index in [4.69, 9.17) is 0 Å². The molecule has 0 aliphatic heterocycles. The summed E-state index contributed by atoms with van der Waals surface area (Å²) in [5.41, 5.74) is 3.36. The van der Waals surface area contributed by atoms with Crippen molar-refractivity contribution >= 4 is 22.8 Å². The number of carbonyl (C=O) groups is 1. The molecule has 0 saturated heterocycles. The van der Waals surface area contributed by atoms with Crippen LogP contribution in [0.3, 0.4) is 0 Å². The molecule has 0 aliphatic rings. The number of hydrogen-bond donors (Lipinski definition) is 1. The van der Waals surface area contributed by atoms with Gasteiger partial charge in [-0.25, -0.2) is 15.0 Å². The lowest BCUT2D eigenvalue weighted by atomic mass is 10.0. The maximum Gasteiger partial charge on any atom is 0.244 e. The molecule has 2 heterocycles. The molecule has 1 N–H and O–H groups in total. The zero-order valence-corrected chi connectivity index (χ0v) is 12.5. The summed E-state index contributed by atoms with van der Waals surface area (Å²) in [5, 5.41) is 2.88. The van der Waals surface area contributed by atoms with Gasteiger partial charge in [-0.3, -0.25) is 4.79 Å². The van der Waals surface area contributed by atoms with Crippen molar-refractivity contribution < 1.29 is 4.79 Å². The van der Waals surface area contributed by atoms with Crippen LogP contribution in [0.15, 0.2) is 43.1 Å². The quantitative estimate of drug-likeness (QED) is 0.803. The van der Waals surface area contributed by atoms with Gasteiger partial charge in [0.2, 0.25) is 5.91 Å². The van der Waals surface area contributed by atoms with Crippen molar-refractivity contribution in [2.45, 2.75) is 26.3 Å². The summed E-state index contributed by atoms with van der Waals surface area (Å²) >= 11 is 0. The normalized spacial score (nSPS) is 11.0. The molecule has 0 aliphatic carbocycles. The molecule has 1 aromatic carbocycles. The summed E-state index contributed by atoms with van der Waals surface area (Å²) in [7, 11) is 0. The molecule has 3 aromatic rings. The number of imidazole rings is 1. The van der Waals surface area contributed by atoms with E-state index in [1.165, 1.54) is 11.9 Å². The third-order valence-corrected chi connectivity index (χ3v) is 3.48. The zero-order chi connectivity index (χ0) is 15.5. The van der Waals surface area contributed by atoms with Gasteiger partial charge in [0.05, 0.1) is 12.5 Å². The van der Waals surface area contributed by atoms with Gasteiger partial charge in [0, 0.05) is 5.69 Å². The minimum Gasteiger partial charge on any atom is -0.325 e. The lowest BCUT2D eigenvalue weighted by molar-refractivity contribution is -0.116. The molecule has 1 amide bonds. The van der Waals surface area contributed by atoms with E-state index in [1.54, 1.807) is 17.1 Å². The molecule has 0 unspecified atom stereocenters. The first-order valence-electron chi connectivity index (χ1n) is 7.14. The molecule has 0 atom stereocenters. The highest BCUT2D eigenvalue weighted by molar-refractivity contribution is 5.91. The van der Waals surface area contributed by atoms with Gasteiger partial charge in [-0.2, -0.15) is 0 Å². The van der Waals surface area contributed by atoms with E-state index >= 15 is 0 Å². The van der Waals surface area contributed by atoms with Crippen LogP contribution < -0.4 is 5.32 Å². The second-order valence-corrected chi connectivity index (χ2v) is 5.43. The maximum absolute atomic E-state index is 12.1. The predicted octanol–water partition coefficient (Wildman–Crippen LogP) is 2.59. The molecule has 0 fully saturated rings. The van der Waals surface area contributed by atoms with Crippen molar-refractivity contribution in [2.75, 3.05) is 5.32 Å². The Morgan fingerprint density at radius 3 is 2.73 bits per heavy atom. The summed E-state index contributed by atoms with van der Waals surface area (Å²) in [6, 6.07) is 7.90. The number of amides is 1. The molecule has 0 saturated carbocycles. The van der Waals surface area contributed by atoms with Crippen LogP contribution in [0.25, 0.3) is 11.2 Å². The van der Waals surface area contributed by atoms with E-state index in [0.29, 0.717) is 11.6 Å². The maximum atomic E-state index is 12.1. The molecular weight excluding hydrogens is 278 g/mol. The Kier molecular flexibility index (Phi) is 3.82. The second kappa shape index (κ2) is 5.93. The first kappa shape index (κ1) is 14.2. The Hall–Kier alpha value is -2.76. The van der Waals surface area contributed by atoms with Crippen LogP contribution in [0.2, 0.25) is 0 Å². The van der Waals surface area contributed by atoms with Crippen molar-refractivity contribution in [3.63, 3.8) is 0 Å². The fraction of sp³-hybridized carbons (Fsp3) is 0.250. The molecule has 2 aromatic heterocycles. The Bertz CT molecular complexity index is 792. The third-order valence-electron chi connectivity index (χ3n) is 3.48. The van der Waals surface area contributed by atoms with Crippen LogP contribution in [0.4, 0.5) is 5.69 Å². The summed E-state index contributed by atoms with van der Waals surface area (Å²) in [6.07, 6.45) is 4.69. The predicted molar refractivity (Wildman–Crippen MR) is 84.5 cm³/mol. The Labute approximate surface area is 128 Å². The van der Waals surface area contributed by atoms with E-state index in [2.05, 4.69) is 34.1 Å². The molecule has 6 nitrogen and oxygen atoms in total. The number of carbonyl (C=O) groups excluding carboxylic acids is 1. The number of anilines is 1. The average molecular weight is 295 g/mol. The molecule has 0 spiro atoms. The standard InChI is InChI=1S/C16H17N5O/c1-11(2)12-3-5-13(6-4-12)20-15(22)8-21-10-19-16-14(21)7-17-9-18-16/h3-7,9-11H,8H2,1-2H3,(H,20,22). The Morgan fingerprint density at radius 1 is 1.23 bits per heavy atom.